The summed E-state index contributed by atoms with van der Waals surface area (Å²) in [5, 5.41) is 0. The third-order valence-corrected chi connectivity index (χ3v) is 4.56. The van der Waals surface area contributed by atoms with Crippen LogP contribution in [0, 0.1) is 0 Å². The normalized spacial score (nSPS) is 19.7. The van der Waals surface area contributed by atoms with E-state index in [0.717, 1.165) is 11.4 Å². The van der Waals surface area contributed by atoms with E-state index in [9.17, 15) is 4.79 Å². The smallest absolute Gasteiger partial charge is 0.231 e. The zero-order valence-corrected chi connectivity index (χ0v) is 14.3. The summed E-state index contributed by atoms with van der Waals surface area (Å²) < 4.78 is 0. The highest BCUT2D eigenvalue weighted by Crippen LogP contribution is 2.42. The van der Waals surface area contributed by atoms with Gasteiger partial charge in [-0.2, -0.15) is 0 Å². The lowest BCUT2D eigenvalue weighted by Crippen LogP contribution is -2.71. The Morgan fingerprint density at radius 3 is 1.78 bits per heavy atom. The molecule has 2 aromatic rings. The van der Waals surface area contributed by atoms with Gasteiger partial charge in [-0.15, -0.1) is 0 Å². The first kappa shape index (κ1) is 15.6. The van der Waals surface area contributed by atoms with Crippen LogP contribution in [0.15, 0.2) is 60.7 Å². The summed E-state index contributed by atoms with van der Waals surface area (Å²) in [7, 11) is 0. The molecule has 23 heavy (non-hydrogen) atoms. The molecule has 0 bridgehead atoms. The maximum absolute atomic E-state index is 12.9. The summed E-state index contributed by atoms with van der Waals surface area (Å²) in [4.78, 5) is 17.2. The van der Waals surface area contributed by atoms with Crippen LogP contribution < -0.4 is 9.80 Å². The maximum atomic E-state index is 12.9. The van der Waals surface area contributed by atoms with Crippen molar-refractivity contribution in [1.82, 2.24) is 0 Å². The number of rotatable bonds is 2. The van der Waals surface area contributed by atoms with Gasteiger partial charge in [-0.1, -0.05) is 36.4 Å². The van der Waals surface area contributed by atoms with Crippen molar-refractivity contribution in [3.8, 4) is 0 Å². The number of hydrogen-bond acceptors (Lipinski definition) is 2. The van der Waals surface area contributed by atoms with E-state index >= 15 is 0 Å². The van der Waals surface area contributed by atoms with Crippen molar-refractivity contribution in [2.24, 2.45) is 0 Å². The predicted octanol–water partition coefficient (Wildman–Crippen LogP) is 4.44. The molecule has 3 nitrogen and oxygen atoms in total. The molecule has 2 aromatic carbocycles. The van der Waals surface area contributed by atoms with E-state index in [1.54, 1.807) is 0 Å². The first-order chi connectivity index (χ1) is 10.8. The fourth-order valence-electron chi connectivity index (χ4n) is 3.95. The summed E-state index contributed by atoms with van der Waals surface area (Å²) in [6.07, 6.45) is 0.486. The molecule has 1 fully saturated rings. The minimum atomic E-state index is -0.457. The molecular weight excluding hydrogens is 284 g/mol. The van der Waals surface area contributed by atoms with Gasteiger partial charge in [0.1, 0.15) is 5.66 Å². The topological polar surface area (TPSA) is 23.6 Å². The van der Waals surface area contributed by atoms with Gasteiger partial charge in [-0.25, -0.2) is 0 Å². The highest BCUT2D eigenvalue weighted by atomic mass is 16.2. The minimum absolute atomic E-state index is 0.165. The molecule has 0 atom stereocenters. The lowest BCUT2D eigenvalue weighted by molar-refractivity contribution is -0.122. The van der Waals surface area contributed by atoms with Gasteiger partial charge in [0, 0.05) is 23.3 Å². The standard InChI is InChI=1S/C20H24N2O/c1-19(2)15-18(23)21(16-11-7-5-8-12-16)20(3,4)22(19)17-13-9-6-10-14-17/h5-14H,15H2,1-4H3. The Balaban J connectivity index is 2.13. The highest BCUT2D eigenvalue weighted by molar-refractivity contribution is 5.98. The van der Waals surface area contributed by atoms with E-state index in [0.29, 0.717) is 6.42 Å². The van der Waals surface area contributed by atoms with Crippen LogP contribution >= 0.6 is 0 Å². The van der Waals surface area contributed by atoms with Gasteiger partial charge in [0.05, 0.1) is 0 Å². The van der Waals surface area contributed by atoms with Gasteiger partial charge in [0.2, 0.25) is 5.91 Å². The van der Waals surface area contributed by atoms with Crippen molar-refractivity contribution in [2.75, 3.05) is 9.80 Å². The van der Waals surface area contributed by atoms with Crippen LogP contribution in [0.1, 0.15) is 34.1 Å². The second-order valence-electron chi connectivity index (χ2n) is 7.22. The number of para-hydroxylation sites is 2. The van der Waals surface area contributed by atoms with E-state index in [1.165, 1.54) is 0 Å². The zero-order valence-electron chi connectivity index (χ0n) is 14.3. The summed E-state index contributed by atoms with van der Waals surface area (Å²) in [6.45, 7) is 8.52. The predicted molar refractivity (Wildman–Crippen MR) is 95.6 cm³/mol. The number of amides is 1. The number of hydrogen-bond donors (Lipinski definition) is 0. The molecule has 1 saturated heterocycles. The molecule has 0 N–H and O–H groups in total. The average Bonchev–Trinajstić information content (AvgIpc) is 2.47. The monoisotopic (exact) mass is 308 g/mol. The van der Waals surface area contributed by atoms with Crippen LogP contribution in [0.2, 0.25) is 0 Å². The molecule has 1 aliphatic rings. The number of anilines is 2. The van der Waals surface area contributed by atoms with Crippen LogP contribution in [0.25, 0.3) is 0 Å². The van der Waals surface area contributed by atoms with Crippen molar-refractivity contribution in [3.63, 3.8) is 0 Å². The van der Waals surface area contributed by atoms with Crippen molar-refractivity contribution in [2.45, 2.75) is 45.3 Å². The number of carbonyl (C=O) groups excluding carboxylic acids is 1. The van der Waals surface area contributed by atoms with Crippen molar-refractivity contribution >= 4 is 17.3 Å². The van der Waals surface area contributed by atoms with Crippen LogP contribution in [-0.4, -0.2) is 17.1 Å². The molecule has 3 heteroatoms. The van der Waals surface area contributed by atoms with E-state index in [-0.39, 0.29) is 11.4 Å². The third-order valence-electron chi connectivity index (χ3n) is 4.56. The molecule has 0 saturated carbocycles. The molecule has 3 rings (SSSR count). The zero-order chi connectivity index (χ0) is 16.7. The van der Waals surface area contributed by atoms with Crippen molar-refractivity contribution < 1.29 is 4.79 Å². The van der Waals surface area contributed by atoms with Crippen molar-refractivity contribution in [1.29, 1.82) is 0 Å². The second kappa shape index (κ2) is 5.41. The molecular formula is C20H24N2O. The Morgan fingerprint density at radius 2 is 1.26 bits per heavy atom. The van der Waals surface area contributed by atoms with Gasteiger partial charge >= 0.3 is 0 Å². The summed E-state index contributed by atoms with van der Waals surface area (Å²) >= 11 is 0. The Hall–Kier alpha value is -2.29. The van der Waals surface area contributed by atoms with Crippen LogP contribution in [0.4, 0.5) is 11.4 Å². The van der Waals surface area contributed by atoms with Gasteiger partial charge < -0.3 is 4.90 Å². The van der Waals surface area contributed by atoms with Gasteiger partial charge in [-0.3, -0.25) is 9.69 Å². The molecule has 0 aliphatic carbocycles. The number of benzene rings is 2. The van der Waals surface area contributed by atoms with Gasteiger partial charge in [-0.05, 0) is 52.0 Å². The first-order valence-electron chi connectivity index (χ1n) is 8.07. The average molecular weight is 308 g/mol. The molecule has 1 heterocycles. The lowest BCUT2D eigenvalue weighted by Gasteiger charge is -2.58. The van der Waals surface area contributed by atoms with Crippen LogP contribution in [0.3, 0.4) is 0 Å². The molecule has 1 amide bonds. The Bertz CT molecular complexity index is 692. The molecule has 120 valence electrons. The molecule has 0 radical (unpaired) electrons. The van der Waals surface area contributed by atoms with Crippen LogP contribution in [0.5, 0.6) is 0 Å². The van der Waals surface area contributed by atoms with E-state index in [1.807, 2.05) is 53.4 Å². The van der Waals surface area contributed by atoms with E-state index in [4.69, 9.17) is 0 Å². The fourth-order valence-corrected chi connectivity index (χ4v) is 3.95. The molecule has 0 unspecified atom stereocenters. The molecule has 0 aromatic heterocycles. The number of carbonyl (C=O) groups is 1. The quantitative estimate of drug-likeness (QED) is 0.818. The van der Waals surface area contributed by atoms with E-state index in [2.05, 4.69) is 44.7 Å². The highest BCUT2D eigenvalue weighted by Gasteiger charge is 2.50. The summed E-state index contributed by atoms with van der Waals surface area (Å²) in [5.41, 5.74) is 1.38. The number of nitrogens with zero attached hydrogens (tertiary/aromatic N) is 2. The Labute approximate surface area is 138 Å². The summed E-state index contributed by atoms with van der Waals surface area (Å²) in [6, 6.07) is 20.3. The lowest BCUT2D eigenvalue weighted by atomic mass is 9.87. The minimum Gasteiger partial charge on any atom is -0.343 e. The molecule has 0 spiro atoms. The van der Waals surface area contributed by atoms with Crippen LogP contribution in [-0.2, 0) is 4.79 Å². The molecule has 1 aliphatic heterocycles. The van der Waals surface area contributed by atoms with Crippen molar-refractivity contribution in [3.05, 3.63) is 60.7 Å². The maximum Gasteiger partial charge on any atom is 0.231 e. The Morgan fingerprint density at radius 1 is 0.783 bits per heavy atom. The fraction of sp³-hybridized carbons (Fsp3) is 0.350. The van der Waals surface area contributed by atoms with E-state index < -0.39 is 5.66 Å². The van der Waals surface area contributed by atoms with Gasteiger partial charge in [0.25, 0.3) is 0 Å². The largest absolute Gasteiger partial charge is 0.343 e. The SMILES string of the molecule is CC1(C)CC(=O)N(c2ccccc2)C(C)(C)N1c1ccccc1. The van der Waals surface area contributed by atoms with Gasteiger partial charge in [0.15, 0.2) is 0 Å². The Kier molecular flexibility index (Phi) is 3.67. The second-order valence-corrected chi connectivity index (χ2v) is 7.22. The third kappa shape index (κ3) is 2.61. The first-order valence-corrected chi connectivity index (χ1v) is 8.07. The summed E-state index contributed by atoms with van der Waals surface area (Å²) in [5.74, 6) is 0.165.